The summed E-state index contributed by atoms with van der Waals surface area (Å²) in [5.41, 5.74) is 1.53. The molecule has 1 aliphatic heterocycles. The number of benzene rings is 1. The van der Waals surface area contributed by atoms with Gasteiger partial charge in [0.05, 0.1) is 13.0 Å². The van der Waals surface area contributed by atoms with Crippen LogP contribution < -0.4 is 0 Å². The highest BCUT2D eigenvalue weighted by Crippen LogP contribution is 2.25. The summed E-state index contributed by atoms with van der Waals surface area (Å²) in [5, 5.41) is 0. The van der Waals surface area contributed by atoms with Crippen LogP contribution in [0.3, 0.4) is 0 Å². The molecular formula is C20H26FNO4. The largest absolute Gasteiger partial charge is 0.466 e. The van der Waals surface area contributed by atoms with Gasteiger partial charge in [0.25, 0.3) is 0 Å². The number of ether oxygens (including phenoxy) is 2. The number of nitrogens with zero attached hydrogens (tertiary/aromatic N) is 1. The number of carbonyl (C=O) groups is 2. The second kappa shape index (κ2) is 8.34. The Bertz CT molecular complexity index is 706. The fourth-order valence-electron chi connectivity index (χ4n) is 2.68. The van der Waals surface area contributed by atoms with Crippen molar-refractivity contribution in [1.29, 1.82) is 0 Å². The number of carbonyl (C=O) groups excluding carboxylic acids is 2. The van der Waals surface area contributed by atoms with Gasteiger partial charge in [-0.2, -0.15) is 0 Å². The molecule has 0 saturated heterocycles. The Morgan fingerprint density at radius 3 is 2.54 bits per heavy atom. The topological polar surface area (TPSA) is 55.8 Å². The second-order valence-electron chi connectivity index (χ2n) is 7.19. The molecule has 0 aromatic heterocycles. The van der Waals surface area contributed by atoms with E-state index in [9.17, 15) is 14.0 Å². The molecule has 0 aliphatic carbocycles. The van der Waals surface area contributed by atoms with Crippen LogP contribution in [-0.4, -0.2) is 42.3 Å². The van der Waals surface area contributed by atoms with Gasteiger partial charge < -0.3 is 14.4 Å². The van der Waals surface area contributed by atoms with Crippen molar-refractivity contribution in [2.45, 2.75) is 46.1 Å². The molecule has 1 aliphatic rings. The van der Waals surface area contributed by atoms with Crippen molar-refractivity contribution in [3.63, 3.8) is 0 Å². The van der Waals surface area contributed by atoms with E-state index in [-0.39, 0.29) is 19.1 Å². The lowest BCUT2D eigenvalue weighted by molar-refractivity contribution is -0.142. The zero-order valence-electron chi connectivity index (χ0n) is 15.8. The molecule has 5 nitrogen and oxygen atoms in total. The molecule has 0 atom stereocenters. The van der Waals surface area contributed by atoms with Crippen LogP contribution in [-0.2, 0) is 20.7 Å². The van der Waals surface area contributed by atoms with Crippen LogP contribution >= 0.6 is 0 Å². The molecule has 0 N–H and O–H groups in total. The highest BCUT2D eigenvalue weighted by molar-refractivity contribution is 5.74. The predicted molar refractivity (Wildman–Crippen MR) is 97.1 cm³/mol. The Labute approximate surface area is 153 Å². The van der Waals surface area contributed by atoms with E-state index in [1.54, 1.807) is 24.0 Å². The third kappa shape index (κ3) is 5.58. The van der Waals surface area contributed by atoms with Gasteiger partial charge >= 0.3 is 12.1 Å². The van der Waals surface area contributed by atoms with E-state index in [1.807, 2.05) is 26.8 Å². The molecule has 1 heterocycles. The third-order valence-corrected chi connectivity index (χ3v) is 3.92. The highest BCUT2D eigenvalue weighted by atomic mass is 19.1. The molecule has 0 bridgehead atoms. The third-order valence-electron chi connectivity index (χ3n) is 3.92. The zero-order chi connectivity index (χ0) is 19.3. The SMILES string of the molecule is CCOC(=O)Cc1ccc(C2=CCN(C(=O)OC(C)(C)C)CC2)cc1F. The van der Waals surface area contributed by atoms with E-state index >= 15 is 0 Å². The summed E-state index contributed by atoms with van der Waals surface area (Å²) in [6.45, 7) is 8.43. The van der Waals surface area contributed by atoms with Crippen LogP contribution in [0.5, 0.6) is 0 Å². The van der Waals surface area contributed by atoms with Crippen molar-refractivity contribution < 1.29 is 23.5 Å². The Morgan fingerprint density at radius 2 is 2.00 bits per heavy atom. The molecule has 1 aromatic carbocycles. The van der Waals surface area contributed by atoms with Gasteiger partial charge in [-0.25, -0.2) is 9.18 Å². The number of hydrogen-bond donors (Lipinski definition) is 0. The first-order valence-corrected chi connectivity index (χ1v) is 8.81. The van der Waals surface area contributed by atoms with Gasteiger partial charge in [-0.15, -0.1) is 0 Å². The van der Waals surface area contributed by atoms with Gasteiger partial charge in [-0.1, -0.05) is 18.2 Å². The average Bonchev–Trinajstić information content (AvgIpc) is 2.55. The van der Waals surface area contributed by atoms with Crippen LogP contribution in [0.2, 0.25) is 0 Å². The number of esters is 1. The maximum Gasteiger partial charge on any atom is 0.410 e. The molecule has 0 saturated carbocycles. The van der Waals surface area contributed by atoms with Crippen LogP contribution in [0.25, 0.3) is 5.57 Å². The molecule has 26 heavy (non-hydrogen) atoms. The summed E-state index contributed by atoms with van der Waals surface area (Å²) in [4.78, 5) is 25.2. The number of halogens is 1. The molecule has 0 fully saturated rings. The van der Waals surface area contributed by atoms with Crippen molar-refractivity contribution in [1.82, 2.24) is 4.90 Å². The Hall–Kier alpha value is -2.37. The van der Waals surface area contributed by atoms with Crippen LogP contribution in [0.15, 0.2) is 24.3 Å². The monoisotopic (exact) mass is 363 g/mol. The number of rotatable bonds is 4. The van der Waals surface area contributed by atoms with E-state index in [0.29, 0.717) is 25.1 Å². The molecule has 0 unspecified atom stereocenters. The highest BCUT2D eigenvalue weighted by Gasteiger charge is 2.24. The van der Waals surface area contributed by atoms with Gasteiger partial charge in [0, 0.05) is 13.1 Å². The lowest BCUT2D eigenvalue weighted by Crippen LogP contribution is -2.39. The minimum atomic E-state index is -0.529. The van der Waals surface area contributed by atoms with Gasteiger partial charge in [-0.05, 0) is 56.9 Å². The second-order valence-corrected chi connectivity index (χ2v) is 7.19. The molecule has 1 aromatic rings. The zero-order valence-corrected chi connectivity index (χ0v) is 15.8. The first-order valence-electron chi connectivity index (χ1n) is 8.81. The van der Waals surface area contributed by atoms with Gasteiger partial charge in [0.1, 0.15) is 11.4 Å². The number of amides is 1. The van der Waals surface area contributed by atoms with Gasteiger partial charge in [-0.3, -0.25) is 4.79 Å². The smallest absolute Gasteiger partial charge is 0.410 e. The van der Waals surface area contributed by atoms with Gasteiger partial charge in [0.2, 0.25) is 0 Å². The summed E-state index contributed by atoms with van der Waals surface area (Å²) in [5.74, 6) is -0.866. The molecule has 0 radical (unpaired) electrons. The quantitative estimate of drug-likeness (QED) is 0.760. The first kappa shape index (κ1) is 19.9. The molecule has 6 heteroatoms. The molecule has 1 amide bonds. The van der Waals surface area contributed by atoms with Crippen LogP contribution in [0.4, 0.5) is 9.18 Å². The fraction of sp³-hybridized carbons (Fsp3) is 0.500. The molecule has 2 rings (SSSR count). The molecular weight excluding hydrogens is 337 g/mol. The van der Waals surface area contributed by atoms with Gasteiger partial charge in [0.15, 0.2) is 0 Å². The maximum absolute atomic E-state index is 14.3. The predicted octanol–water partition coefficient (Wildman–Crippen LogP) is 3.96. The fourth-order valence-corrected chi connectivity index (χ4v) is 2.68. The van der Waals surface area contributed by atoms with E-state index in [0.717, 1.165) is 11.1 Å². The Morgan fingerprint density at radius 1 is 1.27 bits per heavy atom. The lowest BCUT2D eigenvalue weighted by Gasteiger charge is -2.29. The van der Waals surface area contributed by atoms with Crippen molar-refractivity contribution in [2.75, 3.05) is 19.7 Å². The van der Waals surface area contributed by atoms with Crippen LogP contribution in [0, 0.1) is 5.82 Å². The summed E-state index contributed by atoms with van der Waals surface area (Å²) < 4.78 is 24.5. The normalized spacial score (nSPS) is 14.7. The average molecular weight is 363 g/mol. The number of hydrogen-bond acceptors (Lipinski definition) is 4. The van der Waals surface area contributed by atoms with Crippen molar-refractivity contribution in [3.8, 4) is 0 Å². The summed E-state index contributed by atoms with van der Waals surface area (Å²) in [6.07, 6.45) is 2.11. The lowest BCUT2D eigenvalue weighted by atomic mass is 9.97. The summed E-state index contributed by atoms with van der Waals surface area (Å²) in [6, 6.07) is 4.85. The molecule has 142 valence electrons. The van der Waals surface area contributed by atoms with Crippen molar-refractivity contribution in [2.24, 2.45) is 0 Å². The van der Waals surface area contributed by atoms with E-state index in [2.05, 4.69) is 0 Å². The maximum atomic E-state index is 14.3. The first-order chi connectivity index (χ1) is 12.2. The van der Waals surface area contributed by atoms with E-state index in [1.165, 1.54) is 6.07 Å². The van der Waals surface area contributed by atoms with E-state index < -0.39 is 17.4 Å². The summed E-state index contributed by atoms with van der Waals surface area (Å²) >= 11 is 0. The standard InChI is InChI=1S/C20H26FNO4/c1-5-25-18(23)13-16-7-6-15(12-17(16)21)14-8-10-22(11-9-14)19(24)26-20(2,3)4/h6-8,12H,5,9-11,13H2,1-4H3. The van der Waals surface area contributed by atoms with Crippen molar-refractivity contribution in [3.05, 3.63) is 41.2 Å². The van der Waals surface area contributed by atoms with Crippen LogP contribution in [0.1, 0.15) is 45.2 Å². The molecule has 0 spiro atoms. The Balaban J connectivity index is 2.03. The Kier molecular flexibility index (Phi) is 6.40. The summed E-state index contributed by atoms with van der Waals surface area (Å²) in [7, 11) is 0. The minimum Gasteiger partial charge on any atom is -0.466 e. The minimum absolute atomic E-state index is 0.0780. The van der Waals surface area contributed by atoms with Crippen molar-refractivity contribution >= 4 is 17.6 Å². The van der Waals surface area contributed by atoms with E-state index in [4.69, 9.17) is 9.47 Å².